The zero-order valence-corrected chi connectivity index (χ0v) is 18.5. The van der Waals surface area contributed by atoms with Crippen LogP contribution in [0.2, 0.25) is 0 Å². The molecule has 0 aliphatic carbocycles. The van der Waals surface area contributed by atoms with Crippen LogP contribution in [0.1, 0.15) is 33.6 Å². The average Bonchev–Trinajstić information content (AvgIpc) is 3.11. The molecule has 3 rings (SSSR count). The average molecular weight is 417 g/mol. The lowest BCUT2D eigenvalue weighted by Crippen LogP contribution is -2.47. The number of nitrogens with one attached hydrogen (secondary N) is 3. The quantitative estimate of drug-likeness (QED) is 0.545. The fourth-order valence-electron chi connectivity index (χ4n) is 3.59. The van der Waals surface area contributed by atoms with E-state index in [1.807, 2.05) is 45.0 Å². The number of amides is 1. The number of hydrogen-bond donors (Lipinski definition) is 3. The fraction of sp³-hybridized carbons (Fsp3) is 0.636. The molecule has 30 heavy (non-hydrogen) atoms. The lowest BCUT2D eigenvalue weighted by atomic mass is 10.2. The highest BCUT2D eigenvalue weighted by Gasteiger charge is 2.17. The first-order chi connectivity index (χ1) is 14.4. The first-order valence-electron chi connectivity index (χ1n) is 11.0. The number of nitrogens with zero attached hydrogens (tertiary/aromatic N) is 3. The molecule has 0 radical (unpaired) electrons. The molecule has 0 spiro atoms. The van der Waals surface area contributed by atoms with E-state index in [1.54, 1.807) is 0 Å². The van der Waals surface area contributed by atoms with Crippen LogP contribution in [-0.2, 0) is 4.74 Å². The molecule has 0 atom stereocenters. The molecule has 166 valence electrons. The summed E-state index contributed by atoms with van der Waals surface area (Å²) >= 11 is 0. The molecule has 1 saturated heterocycles. The molecule has 8 nitrogen and oxygen atoms in total. The topological polar surface area (TPSA) is 85.5 Å². The molecule has 1 fully saturated rings. The van der Waals surface area contributed by atoms with Crippen molar-refractivity contribution < 1.29 is 9.53 Å². The van der Waals surface area contributed by atoms with E-state index in [0.29, 0.717) is 6.54 Å². The van der Waals surface area contributed by atoms with Crippen LogP contribution in [0, 0.1) is 0 Å². The van der Waals surface area contributed by atoms with Crippen molar-refractivity contribution in [3.8, 4) is 0 Å². The number of carbonyl (C=O) groups is 1. The van der Waals surface area contributed by atoms with E-state index in [0.717, 1.165) is 75.6 Å². The summed E-state index contributed by atoms with van der Waals surface area (Å²) in [5.74, 6) is 0.848. The minimum Gasteiger partial charge on any atom is -0.444 e. The van der Waals surface area contributed by atoms with Crippen LogP contribution in [0.25, 0.3) is 11.0 Å². The fourth-order valence-corrected chi connectivity index (χ4v) is 3.59. The number of benzene rings is 1. The van der Waals surface area contributed by atoms with E-state index in [-0.39, 0.29) is 6.09 Å². The van der Waals surface area contributed by atoms with Gasteiger partial charge in [0, 0.05) is 39.3 Å². The number of alkyl carbamates (subject to hydrolysis) is 1. The van der Waals surface area contributed by atoms with Crippen molar-refractivity contribution in [1.29, 1.82) is 0 Å². The maximum atomic E-state index is 11.6. The number of piperazine rings is 1. The zero-order chi connectivity index (χ0) is 21.4. The first kappa shape index (κ1) is 22.4. The standard InChI is InChI=1S/C22H36N6O2/c1-22(2,3)30-21(29)24-11-7-13-28-16-14-27(15-17-28)12-6-10-23-20-25-18-8-4-5-9-19(18)26-20/h4-5,8-9H,6-7,10-17H2,1-3H3,(H,24,29)(H2,23,25,26). The van der Waals surface area contributed by atoms with Crippen molar-refractivity contribution in [2.24, 2.45) is 0 Å². The predicted octanol–water partition coefficient (Wildman–Crippen LogP) is 2.90. The van der Waals surface area contributed by atoms with Gasteiger partial charge in [0.1, 0.15) is 5.60 Å². The molecule has 1 aliphatic heterocycles. The molecular formula is C22H36N6O2. The third-order valence-corrected chi connectivity index (χ3v) is 5.12. The van der Waals surface area contributed by atoms with Crippen molar-refractivity contribution >= 4 is 23.1 Å². The lowest BCUT2D eigenvalue weighted by Gasteiger charge is -2.34. The van der Waals surface area contributed by atoms with Gasteiger partial charge in [0.25, 0.3) is 0 Å². The summed E-state index contributed by atoms with van der Waals surface area (Å²) in [5.41, 5.74) is 1.62. The normalized spacial score (nSPS) is 16.0. The van der Waals surface area contributed by atoms with Gasteiger partial charge in [0.05, 0.1) is 11.0 Å². The Labute approximate surface area is 179 Å². The monoisotopic (exact) mass is 416 g/mol. The Kier molecular flexibility index (Phi) is 7.93. The summed E-state index contributed by atoms with van der Waals surface area (Å²) in [6, 6.07) is 8.08. The highest BCUT2D eigenvalue weighted by atomic mass is 16.6. The Morgan fingerprint density at radius 1 is 1.07 bits per heavy atom. The van der Waals surface area contributed by atoms with Crippen LogP contribution in [-0.4, -0.2) is 83.8 Å². The molecule has 1 aliphatic rings. The summed E-state index contributed by atoms with van der Waals surface area (Å²) in [6.07, 6.45) is 1.71. The largest absolute Gasteiger partial charge is 0.444 e. The van der Waals surface area contributed by atoms with Crippen molar-refractivity contribution in [2.75, 3.05) is 57.7 Å². The van der Waals surface area contributed by atoms with Gasteiger partial charge in [-0.2, -0.15) is 0 Å². The number of aromatic amines is 1. The maximum absolute atomic E-state index is 11.6. The predicted molar refractivity (Wildman–Crippen MR) is 121 cm³/mol. The SMILES string of the molecule is CC(C)(C)OC(=O)NCCCN1CCN(CCCNc2nc3ccccc3[nH]2)CC1. The van der Waals surface area contributed by atoms with Gasteiger partial charge >= 0.3 is 6.09 Å². The Morgan fingerprint density at radius 3 is 2.33 bits per heavy atom. The summed E-state index contributed by atoms with van der Waals surface area (Å²) in [5, 5.41) is 6.22. The van der Waals surface area contributed by atoms with E-state index in [9.17, 15) is 4.79 Å². The number of hydrogen-bond acceptors (Lipinski definition) is 6. The second-order valence-electron chi connectivity index (χ2n) is 8.85. The number of anilines is 1. The van der Waals surface area contributed by atoms with Gasteiger partial charge < -0.3 is 30.2 Å². The summed E-state index contributed by atoms with van der Waals surface area (Å²) in [4.78, 5) is 24.5. The molecule has 2 aromatic rings. The Bertz CT molecular complexity index is 759. The number of rotatable bonds is 9. The van der Waals surface area contributed by atoms with E-state index in [4.69, 9.17) is 4.74 Å². The third kappa shape index (κ3) is 7.50. The number of imidazole rings is 1. The van der Waals surface area contributed by atoms with Gasteiger partial charge in [-0.25, -0.2) is 9.78 Å². The molecule has 2 heterocycles. The Hall–Kier alpha value is -2.32. The van der Waals surface area contributed by atoms with Crippen LogP contribution >= 0.6 is 0 Å². The number of fused-ring (bicyclic) bond motifs is 1. The molecule has 1 aromatic heterocycles. The van der Waals surface area contributed by atoms with Gasteiger partial charge in [-0.05, 0) is 58.8 Å². The number of carbonyl (C=O) groups excluding carboxylic acids is 1. The minimum absolute atomic E-state index is 0.330. The summed E-state index contributed by atoms with van der Waals surface area (Å²) in [6.45, 7) is 13.7. The number of H-pyrrole nitrogens is 1. The van der Waals surface area contributed by atoms with Crippen LogP contribution in [0.4, 0.5) is 10.7 Å². The highest BCUT2D eigenvalue weighted by molar-refractivity contribution is 5.77. The van der Waals surface area contributed by atoms with Crippen LogP contribution < -0.4 is 10.6 Å². The van der Waals surface area contributed by atoms with E-state index < -0.39 is 5.60 Å². The van der Waals surface area contributed by atoms with Crippen molar-refractivity contribution in [3.63, 3.8) is 0 Å². The summed E-state index contributed by atoms with van der Waals surface area (Å²) < 4.78 is 5.25. The highest BCUT2D eigenvalue weighted by Crippen LogP contribution is 2.13. The second-order valence-corrected chi connectivity index (χ2v) is 8.85. The number of para-hydroxylation sites is 2. The minimum atomic E-state index is -0.442. The van der Waals surface area contributed by atoms with E-state index in [2.05, 4.69) is 30.4 Å². The lowest BCUT2D eigenvalue weighted by molar-refractivity contribution is 0.0524. The summed E-state index contributed by atoms with van der Waals surface area (Å²) in [7, 11) is 0. The van der Waals surface area contributed by atoms with E-state index in [1.165, 1.54) is 0 Å². The zero-order valence-electron chi connectivity index (χ0n) is 18.5. The van der Waals surface area contributed by atoms with Crippen molar-refractivity contribution in [2.45, 2.75) is 39.2 Å². The van der Waals surface area contributed by atoms with Crippen molar-refractivity contribution in [1.82, 2.24) is 25.1 Å². The van der Waals surface area contributed by atoms with Crippen LogP contribution in [0.15, 0.2) is 24.3 Å². The molecule has 1 amide bonds. The Balaban J connectivity index is 1.22. The van der Waals surface area contributed by atoms with Crippen LogP contribution in [0.3, 0.4) is 0 Å². The maximum Gasteiger partial charge on any atom is 0.407 e. The van der Waals surface area contributed by atoms with Gasteiger partial charge in [-0.3, -0.25) is 0 Å². The van der Waals surface area contributed by atoms with Crippen molar-refractivity contribution in [3.05, 3.63) is 24.3 Å². The first-order valence-corrected chi connectivity index (χ1v) is 11.0. The van der Waals surface area contributed by atoms with E-state index >= 15 is 0 Å². The third-order valence-electron chi connectivity index (χ3n) is 5.12. The van der Waals surface area contributed by atoms with Crippen LogP contribution in [0.5, 0.6) is 0 Å². The van der Waals surface area contributed by atoms with Gasteiger partial charge in [-0.15, -0.1) is 0 Å². The smallest absolute Gasteiger partial charge is 0.407 e. The molecule has 3 N–H and O–H groups in total. The number of ether oxygens (including phenoxy) is 1. The molecule has 0 unspecified atom stereocenters. The van der Waals surface area contributed by atoms with Gasteiger partial charge in [-0.1, -0.05) is 12.1 Å². The number of aromatic nitrogens is 2. The molecule has 0 saturated carbocycles. The molecular weight excluding hydrogens is 380 g/mol. The van der Waals surface area contributed by atoms with Gasteiger partial charge in [0.15, 0.2) is 0 Å². The van der Waals surface area contributed by atoms with Gasteiger partial charge in [0.2, 0.25) is 5.95 Å². The molecule has 1 aromatic carbocycles. The Morgan fingerprint density at radius 2 is 1.70 bits per heavy atom. The molecule has 0 bridgehead atoms. The molecule has 8 heteroatoms. The second kappa shape index (κ2) is 10.6.